The van der Waals surface area contributed by atoms with Crippen LogP contribution >= 0.6 is 0 Å². The number of H-pyrrole nitrogens is 1. The van der Waals surface area contributed by atoms with Gasteiger partial charge in [0.25, 0.3) is 11.9 Å². The largest absolute Gasteiger partial charge is 0.451 e. The van der Waals surface area contributed by atoms with E-state index >= 15 is 0 Å². The summed E-state index contributed by atoms with van der Waals surface area (Å²) in [7, 11) is -3.60. The first-order chi connectivity index (χ1) is 13.5. The van der Waals surface area contributed by atoms with Crippen molar-refractivity contribution < 1.29 is 17.9 Å². The molecule has 4 rings (SSSR count). The number of aromatic nitrogens is 1. The second kappa shape index (κ2) is 7.12. The van der Waals surface area contributed by atoms with Gasteiger partial charge in [0.2, 0.25) is 0 Å². The van der Waals surface area contributed by atoms with Gasteiger partial charge in [-0.2, -0.15) is 0 Å². The Labute approximate surface area is 162 Å². The number of hydrogen-bond donors (Lipinski definition) is 2. The maximum Gasteiger partial charge on any atom is 0.293 e. The number of carbonyl (C=O) groups is 1. The van der Waals surface area contributed by atoms with Gasteiger partial charge in [0.05, 0.1) is 4.90 Å². The molecule has 0 radical (unpaired) electrons. The number of amides is 1. The summed E-state index contributed by atoms with van der Waals surface area (Å²) in [6, 6.07) is 15.8. The summed E-state index contributed by atoms with van der Waals surface area (Å²) < 4.78 is 30.3. The number of rotatable bonds is 5. The molecular weight excluding hydrogens is 378 g/mol. The number of aliphatic imine (C=N–C) groups is 1. The molecule has 1 aliphatic heterocycles. The van der Waals surface area contributed by atoms with E-state index in [1.165, 1.54) is 12.1 Å². The summed E-state index contributed by atoms with van der Waals surface area (Å²) in [6.45, 7) is 1.89. The summed E-state index contributed by atoms with van der Waals surface area (Å²) in [6.07, 6.45) is 1.08. The summed E-state index contributed by atoms with van der Waals surface area (Å²) in [5.41, 5.74) is 1.93. The van der Waals surface area contributed by atoms with Crippen molar-refractivity contribution in [1.82, 2.24) is 10.3 Å². The number of hydrogen-bond acceptors (Lipinski definition) is 5. The van der Waals surface area contributed by atoms with Crippen LogP contribution in [0.25, 0.3) is 10.9 Å². The molecule has 1 amide bonds. The molecule has 2 N–H and O–H groups in total. The van der Waals surface area contributed by atoms with Crippen molar-refractivity contribution in [2.24, 2.45) is 4.99 Å². The van der Waals surface area contributed by atoms with Crippen LogP contribution in [0.1, 0.15) is 18.4 Å². The third-order valence-electron chi connectivity index (χ3n) is 4.77. The van der Waals surface area contributed by atoms with Crippen molar-refractivity contribution >= 4 is 32.7 Å². The van der Waals surface area contributed by atoms with Crippen LogP contribution in [-0.2, 0) is 19.4 Å². The van der Waals surface area contributed by atoms with E-state index < -0.39 is 21.8 Å². The number of ether oxygens (including phenoxy) is 1. The molecule has 0 bridgehead atoms. The van der Waals surface area contributed by atoms with Gasteiger partial charge in [-0.25, -0.2) is 13.4 Å². The number of carbonyl (C=O) groups excluding carboxylic acids is 1. The van der Waals surface area contributed by atoms with Gasteiger partial charge < -0.3 is 9.72 Å². The minimum Gasteiger partial charge on any atom is -0.451 e. The lowest BCUT2D eigenvalue weighted by atomic mass is 9.94. The number of nitrogens with zero attached hydrogens (tertiary/aromatic N) is 1. The van der Waals surface area contributed by atoms with Crippen LogP contribution < -0.4 is 5.32 Å². The van der Waals surface area contributed by atoms with Crippen molar-refractivity contribution in [3.05, 3.63) is 66.4 Å². The lowest BCUT2D eigenvalue weighted by Gasteiger charge is -2.15. The minimum absolute atomic E-state index is 0.0683. The van der Waals surface area contributed by atoms with Crippen LogP contribution in [0, 0.1) is 0 Å². The maximum atomic E-state index is 12.4. The molecule has 7 nitrogen and oxygen atoms in total. The number of para-hydroxylation sites is 1. The monoisotopic (exact) mass is 397 g/mol. The van der Waals surface area contributed by atoms with Gasteiger partial charge in [-0.1, -0.05) is 43.3 Å². The quantitative estimate of drug-likeness (QED) is 0.691. The third-order valence-corrected chi connectivity index (χ3v) is 6.23. The van der Waals surface area contributed by atoms with E-state index in [1.54, 1.807) is 18.2 Å². The molecule has 144 valence electrons. The van der Waals surface area contributed by atoms with Crippen LogP contribution in [-0.4, -0.2) is 37.3 Å². The van der Waals surface area contributed by atoms with Gasteiger partial charge in [0, 0.05) is 23.0 Å². The van der Waals surface area contributed by atoms with E-state index in [4.69, 9.17) is 4.74 Å². The van der Waals surface area contributed by atoms with E-state index in [0.29, 0.717) is 0 Å². The summed E-state index contributed by atoms with van der Waals surface area (Å²) in [5, 5.41) is 3.55. The highest BCUT2D eigenvalue weighted by Crippen LogP contribution is 2.30. The molecule has 0 saturated carbocycles. The molecule has 2 aromatic carbocycles. The Hall–Kier alpha value is -3.13. The first-order valence-electron chi connectivity index (χ1n) is 8.81. The first kappa shape index (κ1) is 18.2. The molecular formula is C20H19N3O4S. The first-order valence-corrected chi connectivity index (χ1v) is 10.5. The topological polar surface area (TPSA) is 101 Å². The number of amidine groups is 1. The van der Waals surface area contributed by atoms with Crippen molar-refractivity contribution in [3.8, 4) is 0 Å². The van der Waals surface area contributed by atoms with Crippen LogP contribution in [0.3, 0.4) is 0 Å². The highest BCUT2D eigenvalue weighted by molar-refractivity contribution is 7.91. The molecule has 1 fully saturated rings. The second-order valence-corrected chi connectivity index (χ2v) is 8.59. The lowest BCUT2D eigenvalue weighted by molar-refractivity contribution is -0.124. The van der Waals surface area contributed by atoms with Gasteiger partial charge in [-0.3, -0.25) is 10.1 Å². The predicted octanol–water partition coefficient (Wildman–Crippen LogP) is 2.57. The standard InChI is InChI=1S/C20H19N3O4S/c1-13(16-11-21-17-10-6-5-9-15(16)17)18-19(24)23-20(27-18)22-12-28(25,26)14-7-3-2-4-8-14/h2-11,13,18,21H,12H2,1H3,(H,22,23,24)/t13-,18+/m1/s1. The lowest BCUT2D eigenvalue weighted by Crippen LogP contribution is -2.28. The molecule has 0 aliphatic carbocycles. The van der Waals surface area contributed by atoms with Gasteiger partial charge in [0.1, 0.15) is 0 Å². The van der Waals surface area contributed by atoms with E-state index in [1.807, 2.05) is 37.4 Å². The van der Waals surface area contributed by atoms with Gasteiger partial charge in [-0.15, -0.1) is 0 Å². The Kier molecular flexibility index (Phi) is 4.64. The molecule has 1 aromatic heterocycles. The van der Waals surface area contributed by atoms with Crippen molar-refractivity contribution in [1.29, 1.82) is 0 Å². The molecule has 2 heterocycles. The Bertz CT molecular complexity index is 1150. The van der Waals surface area contributed by atoms with E-state index in [2.05, 4.69) is 15.3 Å². The highest BCUT2D eigenvalue weighted by Gasteiger charge is 2.37. The predicted molar refractivity (Wildman–Crippen MR) is 106 cm³/mol. The van der Waals surface area contributed by atoms with Crippen LogP contribution in [0.15, 0.2) is 70.7 Å². The Balaban J connectivity index is 1.51. The number of sulfone groups is 1. The highest BCUT2D eigenvalue weighted by atomic mass is 32.2. The molecule has 8 heteroatoms. The molecule has 1 aliphatic rings. The molecule has 3 aromatic rings. The van der Waals surface area contributed by atoms with Crippen molar-refractivity contribution in [3.63, 3.8) is 0 Å². The zero-order chi connectivity index (χ0) is 19.7. The summed E-state index contributed by atoms with van der Waals surface area (Å²) in [5.74, 6) is -1.08. The van der Waals surface area contributed by atoms with Gasteiger partial charge >= 0.3 is 0 Å². The second-order valence-electron chi connectivity index (χ2n) is 6.63. The SMILES string of the molecule is C[C@H](c1c[nH]c2ccccc12)[C@@H]1O/C(=N\CS(=O)(=O)c2ccccc2)NC1=O. The Morgan fingerprint density at radius 2 is 1.82 bits per heavy atom. The summed E-state index contributed by atoms with van der Waals surface area (Å²) in [4.78, 5) is 19.7. The smallest absolute Gasteiger partial charge is 0.293 e. The fourth-order valence-electron chi connectivity index (χ4n) is 3.27. The number of nitrogens with one attached hydrogen (secondary N) is 2. The average Bonchev–Trinajstić information content (AvgIpc) is 3.30. The molecule has 28 heavy (non-hydrogen) atoms. The number of aromatic amines is 1. The van der Waals surface area contributed by atoms with Gasteiger partial charge in [-0.05, 0) is 23.8 Å². The van der Waals surface area contributed by atoms with Crippen LogP contribution in [0.5, 0.6) is 0 Å². The number of benzene rings is 2. The molecule has 1 saturated heterocycles. The van der Waals surface area contributed by atoms with Crippen LogP contribution in [0.4, 0.5) is 0 Å². The zero-order valence-corrected chi connectivity index (χ0v) is 15.9. The van der Waals surface area contributed by atoms with E-state index in [0.717, 1.165) is 16.5 Å². The molecule has 0 unspecified atom stereocenters. The maximum absolute atomic E-state index is 12.4. The van der Waals surface area contributed by atoms with E-state index in [9.17, 15) is 13.2 Å². The minimum atomic E-state index is -3.60. The third kappa shape index (κ3) is 3.38. The fourth-order valence-corrected chi connectivity index (χ4v) is 4.27. The fraction of sp³-hybridized carbons (Fsp3) is 0.200. The van der Waals surface area contributed by atoms with Crippen molar-refractivity contribution in [2.45, 2.75) is 23.8 Å². The summed E-state index contributed by atoms with van der Waals surface area (Å²) >= 11 is 0. The van der Waals surface area contributed by atoms with Gasteiger partial charge in [0.15, 0.2) is 21.8 Å². The van der Waals surface area contributed by atoms with Crippen LogP contribution in [0.2, 0.25) is 0 Å². The molecule has 2 atom stereocenters. The van der Waals surface area contributed by atoms with Crippen molar-refractivity contribution in [2.75, 3.05) is 5.88 Å². The zero-order valence-electron chi connectivity index (χ0n) is 15.1. The molecule has 0 spiro atoms. The average molecular weight is 397 g/mol. The Morgan fingerprint density at radius 3 is 2.61 bits per heavy atom. The number of fused-ring (bicyclic) bond motifs is 1. The normalized spacial score (nSPS) is 19.5. The Morgan fingerprint density at radius 1 is 1.11 bits per heavy atom. The van der Waals surface area contributed by atoms with E-state index in [-0.39, 0.29) is 22.7 Å².